The fraction of sp³-hybridized carbons (Fsp3) is 0.333. The van der Waals surface area contributed by atoms with Gasteiger partial charge in [-0.1, -0.05) is 39.2 Å². The van der Waals surface area contributed by atoms with Crippen LogP contribution in [0.5, 0.6) is 0 Å². The second-order valence-electron chi connectivity index (χ2n) is 3.68. The van der Waals surface area contributed by atoms with Crippen molar-refractivity contribution in [3.05, 3.63) is 45.4 Å². The van der Waals surface area contributed by atoms with Crippen LogP contribution in [0.3, 0.4) is 0 Å². The van der Waals surface area contributed by atoms with Gasteiger partial charge in [0.15, 0.2) is 0 Å². The summed E-state index contributed by atoms with van der Waals surface area (Å²) in [5.74, 6) is 0. The summed E-state index contributed by atoms with van der Waals surface area (Å²) in [4.78, 5) is 0. The first-order valence-corrected chi connectivity index (χ1v) is 5.95. The van der Waals surface area contributed by atoms with Crippen molar-refractivity contribution in [1.82, 2.24) is 0 Å². The normalized spacial score (nSPS) is 12.5. The van der Waals surface area contributed by atoms with E-state index in [9.17, 15) is 5.11 Å². The molecule has 3 heteroatoms. The van der Waals surface area contributed by atoms with E-state index in [1.807, 2.05) is 13.0 Å². The van der Waals surface area contributed by atoms with Crippen LogP contribution in [0.4, 0.5) is 0 Å². The van der Waals surface area contributed by atoms with E-state index in [0.717, 1.165) is 22.0 Å². The smallest absolute Gasteiger partial charge is 0.0804 e. The Bertz CT molecular complexity index is 363. The van der Waals surface area contributed by atoms with E-state index in [-0.39, 0.29) is 0 Å². The standard InChI is InChI=1S/C12H14BrClO/c1-8(2)3-6-12(15)10-5-4-9(14)7-11(10)13/h4-5,7,12,15H,1,3,6H2,2H3. The first kappa shape index (κ1) is 12.8. The maximum Gasteiger partial charge on any atom is 0.0804 e. The number of aliphatic hydroxyl groups is 1. The summed E-state index contributed by atoms with van der Waals surface area (Å²) in [5.41, 5.74) is 1.96. The molecule has 0 aliphatic heterocycles. The van der Waals surface area contributed by atoms with Crippen LogP contribution in [-0.4, -0.2) is 5.11 Å². The van der Waals surface area contributed by atoms with Crippen LogP contribution >= 0.6 is 27.5 Å². The van der Waals surface area contributed by atoms with Crippen LogP contribution in [0, 0.1) is 0 Å². The van der Waals surface area contributed by atoms with Gasteiger partial charge in [0.25, 0.3) is 0 Å². The van der Waals surface area contributed by atoms with Gasteiger partial charge in [0.1, 0.15) is 0 Å². The molecule has 1 aromatic carbocycles. The Labute approximate surface area is 104 Å². The van der Waals surface area contributed by atoms with Crippen molar-refractivity contribution >= 4 is 27.5 Å². The molecule has 1 atom stereocenters. The molecule has 0 aromatic heterocycles. The fourth-order valence-electron chi connectivity index (χ4n) is 1.31. The van der Waals surface area contributed by atoms with Crippen LogP contribution in [0.1, 0.15) is 31.4 Å². The Kier molecular flexibility index (Phi) is 4.84. The van der Waals surface area contributed by atoms with Gasteiger partial charge in [-0.3, -0.25) is 0 Å². The molecule has 0 fully saturated rings. The van der Waals surface area contributed by atoms with E-state index in [1.165, 1.54) is 0 Å². The highest BCUT2D eigenvalue weighted by molar-refractivity contribution is 9.10. The molecule has 0 spiro atoms. The van der Waals surface area contributed by atoms with E-state index in [2.05, 4.69) is 22.5 Å². The molecule has 1 N–H and O–H groups in total. The number of aliphatic hydroxyl groups excluding tert-OH is 1. The topological polar surface area (TPSA) is 20.2 Å². The lowest BCUT2D eigenvalue weighted by molar-refractivity contribution is 0.167. The molecule has 0 radical (unpaired) electrons. The van der Waals surface area contributed by atoms with Crippen LogP contribution in [0.2, 0.25) is 5.02 Å². The number of rotatable bonds is 4. The summed E-state index contributed by atoms with van der Waals surface area (Å²) < 4.78 is 0.851. The van der Waals surface area contributed by atoms with Crippen molar-refractivity contribution in [2.24, 2.45) is 0 Å². The Morgan fingerprint density at radius 2 is 2.27 bits per heavy atom. The molecule has 15 heavy (non-hydrogen) atoms. The maximum atomic E-state index is 9.93. The molecule has 1 aromatic rings. The average molecular weight is 290 g/mol. The van der Waals surface area contributed by atoms with E-state index in [0.29, 0.717) is 11.4 Å². The molecule has 0 amide bonds. The van der Waals surface area contributed by atoms with Gasteiger partial charge in [-0.15, -0.1) is 6.58 Å². The molecule has 0 bridgehead atoms. The summed E-state index contributed by atoms with van der Waals surface area (Å²) in [6, 6.07) is 5.42. The lowest BCUT2D eigenvalue weighted by atomic mass is 10.0. The number of hydrogen-bond donors (Lipinski definition) is 1. The van der Waals surface area contributed by atoms with Gasteiger partial charge in [0.2, 0.25) is 0 Å². The third kappa shape index (κ3) is 3.98. The van der Waals surface area contributed by atoms with Gasteiger partial charge in [-0.05, 0) is 37.5 Å². The average Bonchev–Trinajstić information content (AvgIpc) is 2.14. The zero-order chi connectivity index (χ0) is 11.4. The largest absolute Gasteiger partial charge is 0.388 e. The van der Waals surface area contributed by atoms with Crippen LogP contribution in [-0.2, 0) is 0 Å². The quantitative estimate of drug-likeness (QED) is 0.810. The molecule has 82 valence electrons. The molecule has 1 nitrogen and oxygen atoms in total. The summed E-state index contributed by atoms with van der Waals surface area (Å²) in [5, 5.41) is 10.6. The first-order chi connectivity index (χ1) is 7.00. The Hall–Kier alpha value is -0.310. The Morgan fingerprint density at radius 3 is 2.80 bits per heavy atom. The molecular formula is C12H14BrClO. The maximum absolute atomic E-state index is 9.93. The van der Waals surface area contributed by atoms with E-state index < -0.39 is 6.10 Å². The van der Waals surface area contributed by atoms with Crippen LogP contribution < -0.4 is 0 Å². The van der Waals surface area contributed by atoms with E-state index in [1.54, 1.807) is 12.1 Å². The number of allylic oxidation sites excluding steroid dienone is 1. The first-order valence-electron chi connectivity index (χ1n) is 4.78. The van der Waals surface area contributed by atoms with Crippen LogP contribution in [0.25, 0.3) is 0 Å². The lowest BCUT2D eigenvalue weighted by Gasteiger charge is -2.12. The third-order valence-electron chi connectivity index (χ3n) is 2.17. The number of benzene rings is 1. The molecule has 0 aliphatic carbocycles. The number of hydrogen-bond acceptors (Lipinski definition) is 1. The lowest BCUT2D eigenvalue weighted by Crippen LogP contribution is -1.98. The van der Waals surface area contributed by atoms with Crippen molar-refractivity contribution in [2.45, 2.75) is 25.9 Å². The zero-order valence-corrected chi connectivity index (χ0v) is 11.0. The van der Waals surface area contributed by atoms with Gasteiger partial charge in [0.05, 0.1) is 6.10 Å². The molecule has 0 saturated carbocycles. The second-order valence-corrected chi connectivity index (χ2v) is 4.97. The molecule has 0 aliphatic rings. The Morgan fingerprint density at radius 1 is 1.60 bits per heavy atom. The molecular weight excluding hydrogens is 275 g/mol. The van der Waals surface area contributed by atoms with Crippen molar-refractivity contribution in [1.29, 1.82) is 0 Å². The monoisotopic (exact) mass is 288 g/mol. The van der Waals surface area contributed by atoms with Gasteiger partial charge >= 0.3 is 0 Å². The Balaban J connectivity index is 2.73. The highest BCUT2D eigenvalue weighted by atomic mass is 79.9. The zero-order valence-electron chi connectivity index (χ0n) is 8.63. The van der Waals surface area contributed by atoms with Gasteiger partial charge in [-0.25, -0.2) is 0 Å². The minimum absolute atomic E-state index is 0.464. The highest BCUT2D eigenvalue weighted by Crippen LogP contribution is 2.29. The van der Waals surface area contributed by atoms with Crippen molar-refractivity contribution < 1.29 is 5.11 Å². The molecule has 1 rings (SSSR count). The fourth-order valence-corrected chi connectivity index (χ4v) is 2.26. The molecule has 0 heterocycles. The SMILES string of the molecule is C=C(C)CCC(O)c1ccc(Cl)cc1Br. The number of halogens is 2. The highest BCUT2D eigenvalue weighted by Gasteiger charge is 2.11. The van der Waals surface area contributed by atoms with E-state index >= 15 is 0 Å². The van der Waals surface area contributed by atoms with Crippen molar-refractivity contribution in [3.8, 4) is 0 Å². The molecule has 0 saturated heterocycles. The molecule has 1 unspecified atom stereocenters. The van der Waals surface area contributed by atoms with Gasteiger partial charge in [-0.2, -0.15) is 0 Å². The van der Waals surface area contributed by atoms with Gasteiger partial charge in [0, 0.05) is 9.50 Å². The van der Waals surface area contributed by atoms with Gasteiger partial charge < -0.3 is 5.11 Å². The minimum atomic E-state index is -0.464. The predicted octanol–water partition coefficient (Wildman–Crippen LogP) is 4.49. The summed E-state index contributed by atoms with van der Waals surface area (Å²) in [6.45, 7) is 5.78. The summed E-state index contributed by atoms with van der Waals surface area (Å²) >= 11 is 9.21. The van der Waals surface area contributed by atoms with Crippen LogP contribution in [0.15, 0.2) is 34.8 Å². The summed E-state index contributed by atoms with van der Waals surface area (Å²) in [6.07, 6.45) is 1.06. The summed E-state index contributed by atoms with van der Waals surface area (Å²) in [7, 11) is 0. The minimum Gasteiger partial charge on any atom is -0.388 e. The van der Waals surface area contributed by atoms with Crippen molar-refractivity contribution in [3.63, 3.8) is 0 Å². The van der Waals surface area contributed by atoms with Crippen molar-refractivity contribution in [2.75, 3.05) is 0 Å². The predicted molar refractivity (Wildman–Crippen MR) is 68.2 cm³/mol. The van der Waals surface area contributed by atoms with E-state index in [4.69, 9.17) is 11.6 Å². The third-order valence-corrected chi connectivity index (χ3v) is 3.09. The second kappa shape index (κ2) is 5.69.